The average molecular weight is 254 g/mol. The normalized spacial score (nSPS) is 11.7. The van der Waals surface area contributed by atoms with E-state index in [1.54, 1.807) is 13.8 Å². The van der Waals surface area contributed by atoms with Crippen molar-refractivity contribution in [1.82, 2.24) is 4.98 Å². The molecule has 1 heterocycles. The summed E-state index contributed by atoms with van der Waals surface area (Å²) in [5.74, 6) is 1.52. The van der Waals surface area contributed by atoms with Gasteiger partial charge >= 0.3 is 5.97 Å². The van der Waals surface area contributed by atoms with Gasteiger partial charge in [0.25, 0.3) is 0 Å². The lowest BCUT2D eigenvalue weighted by molar-refractivity contribution is 0.0519. The van der Waals surface area contributed by atoms with Gasteiger partial charge in [-0.1, -0.05) is 17.5 Å². The summed E-state index contributed by atoms with van der Waals surface area (Å²) in [7, 11) is 0. The van der Waals surface area contributed by atoms with Crippen molar-refractivity contribution in [3.63, 3.8) is 0 Å². The largest absolute Gasteiger partial charge is 0.461 e. The molecule has 1 aromatic heterocycles. The topological polar surface area (TPSA) is 59.4 Å². The molecule has 0 aromatic carbocycles. The van der Waals surface area contributed by atoms with Gasteiger partial charge in [0, 0.05) is 11.8 Å². The number of aryl methyl sites for hydroxylation is 1. The number of ether oxygens (including phenoxy) is 1. The summed E-state index contributed by atoms with van der Waals surface area (Å²) in [5.41, 5.74) is 0.893. The van der Waals surface area contributed by atoms with Crippen LogP contribution in [0.5, 0.6) is 0 Å². The van der Waals surface area contributed by atoms with Crippen molar-refractivity contribution < 1.29 is 14.6 Å². The van der Waals surface area contributed by atoms with E-state index in [4.69, 9.17) is 22.8 Å². The molecule has 0 aliphatic carbocycles. The fourth-order valence-corrected chi connectivity index (χ4v) is 1.73. The number of hydrogen-bond donors (Lipinski definition) is 1. The molecule has 0 aliphatic heterocycles. The van der Waals surface area contributed by atoms with Crippen molar-refractivity contribution in [1.29, 1.82) is 0 Å². The van der Waals surface area contributed by atoms with Crippen LogP contribution in [0.25, 0.3) is 0 Å². The SMILES string of the molecule is C#CC(O)c1c(C)cnc(C(=O)OCC)c1Cl. The zero-order chi connectivity index (χ0) is 13.0. The lowest BCUT2D eigenvalue weighted by Crippen LogP contribution is -2.11. The minimum atomic E-state index is -1.17. The lowest BCUT2D eigenvalue weighted by Gasteiger charge is -2.12. The van der Waals surface area contributed by atoms with Gasteiger partial charge in [-0.05, 0) is 19.4 Å². The van der Waals surface area contributed by atoms with Crippen LogP contribution in [0.2, 0.25) is 5.02 Å². The number of pyridine rings is 1. The number of terminal acetylenes is 1. The maximum atomic E-state index is 11.5. The number of carbonyl (C=O) groups is 1. The Morgan fingerprint density at radius 2 is 2.41 bits per heavy atom. The molecular formula is C12H12ClNO3. The number of aromatic nitrogens is 1. The van der Waals surface area contributed by atoms with E-state index in [1.807, 2.05) is 0 Å². The first kappa shape index (κ1) is 13.5. The molecule has 1 aromatic rings. The van der Waals surface area contributed by atoms with Crippen LogP contribution in [-0.2, 0) is 4.74 Å². The average Bonchev–Trinajstić information content (AvgIpc) is 2.29. The van der Waals surface area contributed by atoms with Crippen molar-refractivity contribution in [2.75, 3.05) is 6.61 Å². The second kappa shape index (κ2) is 5.67. The van der Waals surface area contributed by atoms with Gasteiger partial charge in [-0.15, -0.1) is 6.42 Å². The third-order valence-corrected chi connectivity index (χ3v) is 2.54. The summed E-state index contributed by atoms with van der Waals surface area (Å²) in [6.45, 7) is 3.60. The second-order valence-corrected chi connectivity index (χ2v) is 3.69. The van der Waals surface area contributed by atoms with Gasteiger partial charge in [0.2, 0.25) is 0 Å². The predicted octanol–water partition coefficient (Wildman–Crippen LogP) is 1.89. The van der Waals surface area contributed by atoms with E-state index in [0.29, 0.717) is 11.1 Å². The molecule has 5 heteroatoms. The highest BCUT2D eigenvalue weighted by Gasteiger charge is 2.21. The standard InChI is InChI=1S/C12H12ClNO3/c1-4-8(15)9-7(3)6-14-11(10(9)13)12(16)17-5-2/h1,6,8,15H,5H2,2-3H3. The zero-order valence-corrected chi connectivity index (χ0v) is 10.3. The molecule has 1 N–H and O–H groups in total. The van der Waals surface area contributed by atoms with Crippen LogP contribution in [0.15, 0.2) is 6.20 Å². The number of carbonyl (C=O) groups excluding carboxylic acids is 1. The Labute approximate surface area is 105 Å². The summed E-state index contributed by atoms with van der Waals surface area (Å²) in [4.78, 5) is 15.4. The monoisotopic (exact) mass is 253 g/mol. The van der Waals surface area contributed by atoms with E-state index in [9.17, 15) is 9.90 Å². The number of esters is 1. The summed E-state index contributed by atoms with van der Waals surface area (Å²) in [6, 6.07) is 0. The first-order valence-corrected chi connectivity index (χ1v) is 5.37. The van der Waals surface area contributed by atoms with E-state index in [0.717, 1.165) is 0 Å². The number of halogens is 1. The quantitative estimate of drug-likeness (QED) is 0.660. The minimum Gasteiger partial charge on any atom is -0.461 e. The maximum absolute atomic E-state index is 11.5. The molecule has 0 radical (unpaired) electrons. The summed E-state index contributed by atoms with van der Waals surface area (Å²) in [5, 5.41) is 9.66. The zero-order valence-electron chi connectivity index (χ0n) is 9.53. The van der Waals surface area contributed by atoms with Crippen LogP contribution < -0.4 is 0 Å². The Morgan fingerprint density at radius 1 is 1.76 bits per heavy atom. The molecule has 0 aliphatic rings. The molecular weight excluding hydrogens is 242 g/mol. The van der Waals surface area contributed by atoms with Gasteiger partial charge in [-0.2, -0.15) is 0 Å². The van der Waals surface area contributed by atoms with Crippen molar-refractivity contribution in [2.24, 2.45) is 0 Å². The fourth-order valence-electron chi connectivity index (χ4n) is 1.35. The van der Waals surface area contributed by atoms with Crippen molar-refractivity contribution in [2.45, 2.75) is 20.0 Å². The van der Waals surface area contributed by atoms with Gasteiger partial charge in [-0.3, -0.25) is 0 Å². The fraction of sp³-hybridized carbons (Fsp3) is 0.333. The number of nitrogens with zero attached hydrogens (tertiary/aromatic N) is 1. The lowest BCUT2D eigenvalue weighted by atomic mass is 10.0. The van der Waals surface area contributed by atoms with Crippen LogP contribution >= 0.6 is 11.6 Å². The van der Waals surface area contributed by atoms with E-state index in [1.165, 1.54) is 6.20 Å². The number of rotatable bonds is 3. The molecule has 4 nitrogen and oxygen atoms in total. The highest BCUT2D eigenvalue weighted by molar-refractivity contribution is 6.34. The Bertz CT molecular complexity index is 479. The van der Waals surface area contributed by atoms with Crippen molar-refractivity contribution in [3.8, 4) is 12.3 Å². The maximum Gasteiger partial charge on any atom is 0.358 e. The smallest absolute Gasteiger partial charge is 0.358 e. The van der Waals surface area contributed by atoms with Crippen LogP contribution in [0.3, 0.4) is 0 Å². The molecule has 90 valence electrons. The molecule has 0 saturated carbocycles. The van der Waals surface area contributed by atoms with E-state index < -0.39 is 12.1 Å². The Balaban J connectivity index is 3.29. The van der Waals surface area contributed by atoms with Gasteiger partial charge < -0.3 is 9.84 Å². The van der Waals surface area contributed by atoms with Crippen LogP contribution in [0, 0.1) is 19.3 Å². The second-order valence-electron chi connectivity index (χ2n) is 3.31. The molecule has 1 unspecified atom stereocenters. The Kier molecular flexibility index (Phi) is 4.50. The van der Waals surface area contributed by atoms with E-state index in [2.05, 4.69) is 10.9 Å². The molecule has 17 heavy (non-hydrogen) atoms. The van der Waals surface area contributed by atoms with Crippen molar-refractivity contribution in [3.05, 3.63) is 28.0 Å². The van der Waals surface area contributed by atoms with E-state index in [-0.39, 0.29) is 17.3 Å². The third kappa shape index (κ3) is 2.76. The third-order valence-electron chi connectivity index (χ3n) is 2.16. The molecule has 1 rings (SSSR count). The number of aliphatic hydroxyl groups excluding tert-OH is 1. The van der Waals surface area contributed by atoms with E-state index >= 15 is 0 Å². The summed E-state index contributed by atoms with van der Waals surface area (Å²) >= 11 is 6.00. The van der Waals surface area contributed by atoms with Gasteiger partial charge in [0.05, 0.1) is 11.6 Å². The van der Waals surface area contributed by atoms with Gasteiger partial charge in [-0.25, -0.2) is 9.78 Å². The first-order valence-electron chi connectivity index (χ1n) is 4.99. The molecule has 0 saturated heterocycles. The van der Waals surface area contributed by atoms with Gasteiger partial charge in [0.15, 0.2) is 5.69 Å². The molecule has 1 atom stereocenters. The molecule has 0 bridgehead atoms. The first-order chi connectivity index (χ1) is 8.02. The predicted molar refractivity (Wildman–Crippen MR) is 63.7 cm³/mol. The number of aliphatic hydroxyl groups is 1. The minimum absolute atomic E-state index is 0.0360. The van der Waals surface area contributed by atoms with Crippen LogP contribution in [0.4, 0.5) is 0 Å². The summed E-state index contributed by atoms with van der Waals surface area (Å²) < 4.78 is 4.80. The highest BCUT2D eigenvalue weighted by atomic mass is 35.5. The Hall–Kier alpha value is -1.57. The highest BCUT2D eigenvalue weighted by Crippen LogP contribution is 2.28. The van der Waals surface area contributed by atoms with Crippen LogP contribution in [0.1, 0.15) is 34.6 Å². The van der Waals surface area contributed by atoms with Crippen molar-refractivity contribution >= 4 is 17.6 Å². The number of hydrogen-bond acceptors (Lipinski definition) is 4. The molecule has 0 fully saturated rings. The van der Waals surface area contributed by atoms with Crippen LogP contribution in [-0.4, -0.2) is 22.7 Å². The Morgan fingerprint density at radius 3 is 2.94 bits per heavy atom. The summed E-state index contributed by atoms with van der Waals surface area (Å²) in [6.07, 6.45) is 5.39. The molecule has 0 amide bonds. The van der Waals surface area contributed by atoms with Gasteiger partial charge in [0.1, 0.15) is 6.10 Å². The molecule has 0 spiro atoms.